The predicted octanol–water partition coefficient (Wildman–Crippen LogP) is 0.896. The minimum absolute atomic E-state index is 0.114. The van der Waals surface area contributed by atoms with Crippen molar-refractivity contribution < 1.29 is 9.59 Å². The van der Waals surface area contributed by atoms with Gasteiger partial charge in [-0.1, -0.05) is 13.8 Å². The fraction of sp³-hybridized carbons (Fsp3) is 0.571. The van der Waals surface area contributed by atoms with Gasteiger partial charge < -0.3 is 16.0 Å². The number of hydrogen-bond acceptors (Lipinski definition) is 5. The van der Waals surface area contributed by atoms with Crippen molar-refractivity contribution in [1.82, 2.24) is 20.6 Å². The summed E-state index contributed by atoms with van der Waals surface area (Å²) in [5.74, 6) is 0.0745. The molecule has 0 aliphatic carbocycles. The SMILES string of the molecule is CCNC(=O)C(C)NC(=O)c1nc(C(C)C)ncc1NC. The first-order valence-electron chi connectivity index (χ1n) is 7.03. The molecule has 116 valence electrons. The number of aromatic nitrogens is 2. The van der Waals surface area contributed by atoms with Crippen LogP contribution in [0.1, 0.15) is 49.9 Å². The summed E-state index contributed by atoms with van der Waals surface area (Å²) in [6.07, 6.45) is 1.58. The average molecular weight is 293 g/mol. The molecule has 21 heavy (non-hydrogen) atoms. The number of nitrogens with zero attached hydrogens (tertiary/aromatic N) is 2. The van der Waals surface area contributed by atoms with E-state index >= 15 is 0 Å². The van der Waals surface area contributed by atoms with Gasteiger partial charge >= 0.3 is 0 Å². The number of amides is 2. The van der Waals surface area contributed by atoms with Crippen molar-refractivity contribution in [2.45, 2.75) is 39.7 Å². The number of carbonyl (C=O) groups excluding carboxylic acids is 2. The van der Waals surface area contributed by atoms with Gasteiger partial charge in [0.2, 0.25) is 5.91 Å². The van der Waals surface area contributed by atoms with E-state index in [0.717, 1.165) is 0 Å². The summed E-state index contributed by atoms with van der Waals surface area (Å²) in [4.78, 5) is 32.4. The van der Waals surface area contributed by atoms with E-state index in [1.165, 1.54) is 0 Å². The van der Waals surface area contributed by atoms with Gasteiger partial charge in [-0.25, -0.2) is 9.97 Å². The van der Waals surface area contributed by atoms with Gasteiger partial charge in [-0.3, -0.25) is 9.59 Å². The summed E-state index contributed by atoms with van der Waals surface area (Å²) in [7, 11) is 1.69. The monoisotopic (exact) mass is 293 g/mol. The molecule has 0 bridgehead atoms. The van der Waals surface area contributed by atoms with E-state index in [1.807, 2.05) is 20.8 Å². The third-order valence-corrected chi connectivity index (χ3v) is 2.90. The number of likely N-dealkylation sites (N-methyl/N-ethyl adjacent to an activating group) is 1. The molecule has 1 aromatic heterocycles. The number of carbonyl (C=O) groups is 2. The topological polar surface area (TPSA) is 96.0 Å². The minimum Gasteiger partial charge on any atom is -0.385 e. The lowest BCUT2D eigenvalue weighted by Gasteiger charge is -2.15. The molecular weight excluding hydrogens is 270 g/mol. The van der Waals surface area contributed by atoms with Crippen molar-refractivity contribution in [3.8, 4) is 0 Å². The summed E-state index contributed by atoms with van der Waals surface area (Å²) in [5, 5.41) is 8.18. The molecule has 1 heterocycles. The van der Waals surface area contributed by atoms with E-state index in [4.69, 9.17) is 0 Å². The Morgan fingerprint density at radius 2 is 1.95 bits per heavy atom. The lowest BCUT2D eigenvalue weighted by molar-refractivity contribution is -0.122. The summed E-state index contributed by atoms with van der Waals surface area (Å²) in [6.45, 7) is 7.88. The minimum atomic E-state index is -0.625. The zero-order chi connectivity index (χ0) is 16.0. The third kappa shape index (κ3) is 4.40. The highest BCUT2D eigenvalue weighted by atomic mass is 16.2. The maximum Gasteiger partial charge on any atom is 0.272 e. The number of anilines is 1. The van der Waals surface area contributed by atoms with Crippen LogP contribution >= 0.6 is 0 Å². The molecule has 0 saturated carbocycles. The van der Waals surface area contributed by atoms with Gasteiger partial charge in [-0.2, -0.15) is 0 Å². The Kier molecular flexibility index (Phi) is 6.08. The fourth-order valence-electron chi connectivity index (χ4n) is 1.69. The Balaban J connectivity index is 2.95. The standard InChI is InChI=1S/C14H23N5O2/c1-6-16-13(20)9(4)18-14(21)11-10(15-5)7-17-12(19-11)8(2)3/h7-9,15H,6H2,1-5H3,(H,16,20)(H,18,21). The van der Waals surface area contributed by atoms with Gasteiger partial charge in [0.25, 0.3) is 5.91 Å². The lowest BCUT2D eigenvalue weighted by Crippen LogP contribution is -2.45. The Bertz CT molecular complexity index is 516. The Hall–Kier alpha value is -2.18. The molecule has 3 N–H and O–H groups in total. The Labute approximate surface area is 124 Å². The molecule has 7 nitrogen and oxygen atoms in total. The van der Waals surface area contributed by atoms with E-state index < -0.39 is 11.9 Å². The number of hydrogen-bond donors (Lipinski definition) is 3. The zero-order valence-electron chi connectivity index (χ0n) is 13.2. The highest BCUT2D eigenvalue weighted by Gasteiger charge is 2.20. The number of nitrogens with one attached hydrogen (secondary N) is 3. The summed E-state index contributed by atoms with van der Waals surface area (Å²) < 4.78 is 0. The fourth-order valence-corrected chi connectivity index (χ4v) is 1.69. The molecule has 0 saturated heterocycles. The van der Waals surface area contributed by atoms with Crippen molar-refractivity contribution in [2.75, 3.05) is 18.9 Å². The second-order valence-electron chi connectivity index (χ2n) is 4.98. The Morgan fingerprint density at radius 3 is 2.48 bits per heavy atom. The highest BCUT2D eigenvalue weighted by Crippen LogP contribution is 2.15. The summed E-state index contributed by atoms with van der Waals surface area (Å²) >= 11 is 0. The van der Waals surface area contributed by atoms with E-state index in [0.29, 0.717) is 18.1 Å². The van der Waals surface area contributed by atoms with Crippen LogP contribution in [0.5, 0.6) is 0 Å². The molecule has 1 rings (SSSR count). The first-order chi connectivity index (χ1) is 9.90. The highest BCUT2D eigenvalue weighted by molar-refractivity contribution is 5.99. The van der Waals surface area contributed by atoms with Crippen molar-refractivity contribution in [3.05, 3.63) is 17.7 Å². The second kappa shape index (κ2) is 7.56. The molecule has 0 spiro atoms. The smallest absolute Gasteiger partial charge is 0.272 e. The van der Waals surface area contributed by atoms with Crippen LogP contribution < -0.4 is 16.0 Å². The van der Waals surface area contributed by atoms with Gasteiger partial charge in [0.05, 0.1) is 11.9 Å². The van der Waals surface area contributed by atoms with Crippen LogP contribution in [-0.2, 0) is 4.79 Å². The van der Waals surface area contributed by atoms with Crippen molar-refractivity contribution in [2.24, 2.45) is 0 Å². The summed E-state index contributed by atoms with van der Waals surface area (Å²) in [5.41, 5.74) is 0.771. The average Bonchev–Trinajstić information content (AvgIpc) is 2.46. The molecule has 1 atom stereocenters. The van der Waals surface area contributed by atoms with E-state index in [1.54, 1.807) is 20.2 Å². The van der Waals surface area contributed by atoms with Crippen molar-refractivity contribution in [1.29, 1.82) is 0 Å². The lowest BCUT2D eigenvalue weighted by atomic mass is 10.2. The molecule has 0 radical (unpaired) electrons. The molecule has 0 fully saturated rings. The molecule has 0 aliphatic heterocycles. The number of rotatable bonds is 6. The first kappa shape index (κ1) is 16.9. The third-order valence-electron chi connectivity index (χ3n) is 2.90. The Morgan fingerprint density at radius 1 is 1.29 bits per heavy atom. The van der Waals surface area contributed by atoms with Gasteiger partial charge in [0.15, 0.2) is 5.69 Å². The normalized spacial score (nSPS) is 11.9. The molecule has 1 aromatic rings. The quantitative estimate of drug-likeness (QED) is 0.724. The molecule has 0 aliphatic rings. The van der Waals surface area contributed by atoms with Crippen LogP contribution in [0.2, 0.25) is 0 Å². The van der Waals surface area contributed by atoms with Gasteiger partial charge in [-0.15, -0.1) is 0 Å². The van der Waals surface area contributed by atoms with E-state index in [9.17, 15) is 9.59 Å². The maximum atomic E-state index is 12.3. The first-order valence-corrected chi connectivity index (χ1v) is 7.03. The second-order valence-corrected chi connectivity index (χ2v) is 4.98. The molecule has 1 unspecified atom stereocenters. The van der Waals surface area contributed by atoms with Crippen LogP contribution in [0.4, 0.5) is 5.69 Å². The molecule has 2 amide bonds. The zero-order valence-corrected chi connectivity index (χ0v) is 13.2. The summed E-state index contributed by atoms with van der Waals surface area (Å²) in [6, 6.07) is -0.625. The van der Waals surface area contributed by atoms with Crippen molar-refractivity contribution in [3.63, 3.8) is 0 Å². The van der Waals surface area contributed by atoms with Gasteiger partial charge in [0.1, 0.15) is 11.9 Å². The predicted molar refractivity (Wildman–Crippen MR) is 81.3 cm³/mol. The van der Waals surface area contributed by atoms with Crippen LogP contribution in [0.3, 0.4) is 0 Å². The molecule has 7 heteroatoms. The largest absolute Gasteiger partial charge is 0.385 e. The van der Waals surface area contributed by atoms with Crippen LogP contribution in [0, 0.1) is 0 Å². The van der Waals surface area contributed by atoms with E-state index in [2.05, 4.69) is 25.9 Å². The van der Waals surface area contributed by atoms with Crippen LogP contribution in [-0.4, -0.2) is 41.4 Å². The molecule has 0 aromatic carbocycles. The van der Waals surface area contributed by atoms with Gasteiger partial charge in [0, 0.05) is 19.5 Å². The van der Waals surface area contributed by atoms with Crippen LogP contribution in [0.25, 0.3) is 0 Å². The van der Waals surface area contributed by atoms with E-state index in [-0.39, 0.29) is 17.5 Å². The van der Waals surface area contributed by atoms with Crippen LogP contribution in [0.15, 0.2) is 6.20 Å². The van der Waals surface area contributed by atoms with Gasteiger partial charge in [-0.05, 0) is 13.8 Å². The maximum absolute atomic E-state index is 12.3. The van der Waals surface area contributed by atoms with Crippen molar-refractivity contribution >= 4 is 17.5 Å². The molecular formula is C14H23N5O2.